The Morgan fingerprint density at radius 3 is 0.212 bits per heavy atom. The summed E-state index contributed by atoms with van der Waals surface area (Å²) in [6.45, 7) is 30.6. The summed E-state index contributed by atoms with van der Waals surface area (Å²) < 4.78 is 2.97. The molecule has 0 aliphatic rings. The van der Waals surface area contributed by atoms with Crippen LogP contribution in [0, 0.1) is 0 Å². The first-order valence-corrected chi connectivity index (χ1v) is 50.2. The van der Waals surface area contributed by atoms with Crippen molar-refractivity contribution in [2.24, 2.45) is 0 Å². The highest BCUT2D eigenvalue weighted by Gasteiger charge is 2.27. The fraction of sp³-hybridized carbons (Fsp3) is 1.00. The van der Waals surface area contributed by atoms with Crippen LogP contribution in [0.2, 0.25) is 0 Å². The fourth-order valence-electron chi connectivity index (χ4n) is 17.5. The van der Waals surface area contributed by atoms with E-state index in [1.807, 2.05) is 0 Å². The third-order valence-electron chi connectivity index (χ3n) is 24.9. The van der Waals surface area contributed by atoms with Crippen LogP contribution in [0.5, 0.6) is 0 Å². The highest BCUT2D eigenvalue weighted by molar-refractivity contribution is 4.61. The third-order valence-corrected chi connectivity index (χ3v) is 24.9. The summed E-state index contributed by atoms with van der Waals surface area (Å²) >= 11 is 0. The van der Waals surface area contributed by atoms with Crippen LogP contribution in [-0.2, 0) is 0 Å². The minimum absolute atomic E-state index is 0. The molecule has 0 rings (SSSR count). The van der Waals surface area contributed by atoms with Crippen molar-refractivity contribution in [2.75, 3.05) is 52.4 Å². The molecule has 0 unspecified atom stereocenters. The molecule has 0 aromatic carbocycles. The molecule has 0 atom stereocenters. The summed E-state index contributed by atoms with van der Waals surface area (Å²) in [5.74, 6) is 0. The van der Waals surface area contributed by atoms with Gasteiger partial charge in [0.15, 0.2) is 0 Å². The van der Waals surface area contributed by atoms with Crippen LogP contribution in [0.25, 0.3) is 0 Å². The van der Waals surface area contributed by atoms with Gasteiger partial charge in [0.2, 0.25) is 0 Å². The summed E-state index contributed by atoms with van der Waals surface area (Å²) in [7, 11) is 0. The van der Waals surface area contributed by atoms with Gasteiger partial charge in [-0.2, -0.15) is 0 Å². The Balaban J connectivity index is -0.00000109. The van der Waals surface area contributed by atoms with Gasteiger partial charge in [0.05, 0.1) is 52.4 Å². The van der Waals surface area contributed by atoms with Gasteiger partial charge in [0, 0.05) is 0 Å². The lowest BCUT2D eigenvalue weighted by Gasteiger charge is -2.40. The van der Waals surface area contributed by atoms with Crippen LogP contribution in [0.4, 0.5) is 0 Å². The Kier molecular flexibility index (Phi) is 107. The lowest BCUT2D eigenvalue weighted by molar-refractivity contribution is -0.929. The molecule has 0 radical (unpaired) electrons. The zero-order chi connectivity index (χ0) is 74.1. The van der Waals surface area contributed by atoms with Crippen LogP contribution >= 0.6 is 0 Å². The first kappa shape index (κ1) is 111. The van der Waals surface area contributed by atoms with Crippen molar-refractivity contribution >= 4 is 0 Å². The van der Waals surface area contributed by atoms with E-state index in [1.54, 1.807) is 0 Å². The smallest absolute Gasteiger partial charge is 0.0786 e. The topological polar surface area (TPSA) is 0 Å². The van der Waals surface area contributed by atoms with Crippen molar-refractivity contribution in [2.45, 2.75) is 595 Å². The molecule has 0 aliphatic carbocycles. The molecule has 0 aromatic heterocycles. The van der Waals surface area contributed by atoms with E-state index in [0.29, 0.717) is 0 Å². The van der Waals surface area contributed by atoms with Gasteiger partial charge in [0.1, 0.15) is 0 Å². The summed E-state index contributed by atoms with van der Waals surface area (Å²) in [4.78, 5) is 0. The number of unbranched alkanes of at least 4 members (excludes halogenated alkanes) is 76. The van der Waals surface area contributed by atoms with Crippen molar-refractivity contribution in [1.82, 2.24) is 0 Å². The molecule has 0 fully saturated rings. The van der Waals surface area contributed by atoms with Gasteiger partial charge in [0.25, 0.3) is 0 Å². The molecule has 0 amide bonds. The molecule has 0 heterocycles. The van der Waals surface area contributed by atoms with Crippen molar-refractivity contribution in [3.63, 3.8) is 0 Å². The second-order valence-electron chi connectivity index (χ2n) is 35.3. The molecule has 2 nitrogen and oxygen atoms in total. The van der Waals surface area contributed by atoms with Crippen LogP contribution < -0.4 is 34.0 Å². The summed E-state index contributed by atoms with van der Waals surface area (Å²) in [5.41, 5.74) is 0. The Morgan fingerprint density at radius 1 is 0.0865 bits per heavy atom. The number of quaternary nitrogens is 2. The van der Waals surface area contributed by atoms with Crippen molar-refractivity contribution in [3.8, 4) is 0 Å². The molecule has 632 valence electrons. The SMILES string of the molecule is CCCCCCCCCCCCCCCC[N+](CCCCCCCCCCCCCCCC)(CCCCCCCCCCCCCCCC)CCCCCCCCCCCCCCCC.CCCCCCCCC[N+](CCCCCCCCC)(CCCCCCCCC)CCCCCCCCC.[Br-].[Br-]. The standard InChI is InChI=1S/C64H132N.C36H76N.2BrH/c1-5-9-13-17-21-25-29-33-37-41-45-49-53-57-61-65(62-58-54-50-46-42-38-34-30-26-22-18-14-10-6-2,63-59-55-51-47-43-39-35-31-27-23-19-15-11-7-3)64-60-56-52-48-44-40-36-32-28-24-20-16-12-8-4;1-5-9-13-17-21-25-29-33-37(34-30-26-22-18-14-10-6-2,35-31-27-23-19-15-11-7-3)36-32-28-24-20-16-12-8-4;;/h5-64H2,1-4H3;5-36H2,1-4H3;2*1H/q2*+1;;/p-2. The summed E-state index contributed by atoms with van der Waals surface area (Å²) in [6, 6.07) is 0. The second-order valence-corrected chi connectivity index (χ2v) is 35.3. The first-order valence-electron chi connectivity index (χ1n) is 50.2. The van der Waals surface area contributed by atoms with Gasteiger partial charge in [-0.3, -0.25) is 0 Å². The molecular formula is C100H208Br2N2. The minimum Gasteiger partial charge on any atom is -1.00 e. The van der Waals surface area contributed by atoms with E-state index in [1.165, 1.54) is 601 Å². The Labute approximate surface area is 685 Å². The Bertz CT molecular complexity index is 1210. The molecule has 104 heavy (non-hydrogen) atoms. The Hall–Kier alpha value is 0.880. The van der Waals surface area contributed by atoms with E-state index < -0.39 is 0 Å². The molecular weight excluding hydrogens is 1390 g/mol. The average molecular weight is 1600 g/mol. The second kappa shape index (κ2) is 100.0. The Morgan fingerprint density at radius 2 is 0.144 bits per heavy atom. The molecule has 4 heteroatoms. The van der Waals surface area contributed by atoms with E-state index >= 15 is 0 Å². The minimum atomic E-state index is 0. The summed E-state index contributed by atoms with van der Waals surface area (Å²) in [6.07, 6.45) is 123. The maximum absolute atomic E-state index is 2.34. The van der Waals surface area contributed by atoms with E-state index in [-0.39, 0.29) is 34.0 Å². The number of halogens is 2. The van der Waals surface area contributed by atoms with E-state index in [4.69, 9.17) is 0 Å². The molecule has 0 aromatic rings. The molecule has 0 aliphatic heterocycles. The highest BCUT2D eigenvalue weighted by atomic mass is 79.9. The molecule has 0 saturated carbocycles. The zero-order valence-corrected chi connectivity index (χ0v) is 77.9. The largest absolute Gasteiger partial charge is 1.00 e. The quantitative estimate of drug-likeness (QED) is 0.0421. The van der Waals surface area contributed by atoms with E-state index in [9.17, 15) is 0 Å². The summed E-state index contributed by atoms with van der Waals surface area (Å²) in [5, 5.41) is 0. The van der Waals surface area contributed by atoms with Crippen LogP contribution in [0.15, 0.2) is 0 Å². The lowest BCUT2D eigenvalue weighted by Crippen LogP contribution is -3.00. The number of hydrogen-bond acceptors (Lipinski definition) is 0. The third kappa shape index (κ3) is 90.1. The predicted molar refractivity (Wildman–Crippen MR) is 473 cm³/mol. The van der Waals surface area contributed by atoms with E-state index in [0.717, 1.165) is 0 Å². The van der Waals surface area contributed by atoms with Crippen LogP contribution in [0.1, 0.15) is 595 Å². The van der Waals surface area contributed by atoms with Gasteiger partial charge < -0.3 is 42.9 Å². The monoisotopic (exact) mass is 1600 g/mol. The first-order chi connectivity index (χ1) is 50.5. The predicted octanol–water partition coefficient (Wildman–Crippen LogP) is 30.5. The molecule has 0 saturated heterocycles. The maximum Gasteiger partial charge on any atom is 0.0786 e. The molecule has 0 N–H and O–H groups in total. The average Bonchev–Trinajstić information content (AvgIpc) is 0.880. The van der Waals surface area contributed by atoms with Gasteiger partial charge >= 0.3 is 0 Å². The van der Waals surface area contributed by atoms with Gasteiger partial charge in [-0.1, -0.05) is 492 Å². The maximum atomic E-state index is 2.34. The number of nitrogens with zero attached hydrogens (tertiary/aromatic N) is 2. The highest BCUT2D eigenvalue weighted by Crippen LogP contribution is 2.26. The van der Waals surface area contributed by atoms with Crippen molar-refractivity contribution < 1.29 is 42.9 Å². The number of rotatable bonds is 92. The van der Waals surface area contributed by atoms with E-state index in [2.05, 4.69) is 55.4 Å². The fourth-order valence-corrected chi connectivity index (χ4v) is 17.5. The normalized spacial score (nSPS) is 11.8. The number of hydrogen-bond donors (Lipinski definition) is 0. The zero-order valence-electron chi connectivity index (χ0n) is 74.7. The van der Waals surface area contributed by atoms with Crippen LogP contribution in [-0.4, -0.2) is 61.3 Å². The van der Waals surface area contributed by atoms with Gasteiger partial charge in [-0.05, 0) is 103 Å². The molecule has 0 bridgehead atoms. The lowest BCUT2D eigenvalue weighted by atomic mass is 10.0. The van der Waals surface area contributed by atoms with Gasteiger partial charge in [-0.25, -0.2) is 0 Å². The van der Waals surface area contributed by atoms with Crippen molar-refractivity contribution in [1.29, 1.82) is 0 Å². The van der Waals surface area contributed by atoms with Gasteiger partial charge in [-0.15, -0.1) is 0 Å². The molecule has 0 spiro atoms. The van der Waals surface area contributed by atoms with Crippen molar-refractivity contribution in [3.05, 3.63) is 0 Å². The van der Waals surface area contributed by atoms with Crippen LogP contribution in [0.3, 0.4) is 0 Å².